The third kappa shape index (κ3) is 4.86. The van der Waals surface area contributed by atoms with Crippen molar-refractivity contribution in [2.24, 2.45) is 7.05 Å². The lowest BCUT2D eigenvalue weighted by Crippen LogP contribution is -2.39. The molecule has 2 aromatic heterocycles. The molecule has 0 radical (unpaired) electrons. The molecular weight excluding hydrogens is 474 g/mol. The van der Waals surface area contributed by atoms with Crippen LogP contribution in [0.2, 0.25) is 0 Å². The number of ether oxygens (including phenoxy) is 2. The second-order valence-corrected chi connectivity index (χ2v) is 8.28. The fourth-order valence-electron chi connectivity index (χ4n) is 3.64. The molecule has 1 saturated carbocycles. The summed E-state index contributed by atoms with van der Waals surface area (Å²) < 4.78 is 42.3. The molecule has 1 aliphatic carbocycles. The first-order chi connectivity index (χ1) is 17.4. The van der Waals surface area contributed by atoms with Gasteiger partial charge in [0.05, 0.1) is 24.6 Å². The molecule has 0 bridgehead atoms. The molecule has 4 aromatic rings. The molecule has 0 unspecified atom stereocenters. The molecule has 5 rings (SSSR count). The summed E-state index contributed by atoms with van der Waals surface area (Å²) in [6.45, 7) is 0.490. The van der Waals surface area contributed by atoms with Crippen LogP contribution in [0, 0.1) is 11.6 Å². The lowest BCUT2D eigenvalue weighted by atomic mass is 9.92. The van der Waals surface area contributed by atoms with Gasteiger partial charge in [-0.15, -0.1) is 0 Å². The van der Waals surface area contributed by atoms with Crippen LogP contribution in [0.1, 0.15) is 18.4 Å². The molecule has 11 nitrogen and oxygen atoms in total. The van der Waals surface area contributed by atoms with E-state index in [0.717, 1.165) is 27.2 Å². The number of hydrogen-bond donors (Lipinski definition) is 2. The van der Waals surface area contributed by atoms with Gasteiger partial charge in [0.15, 0.2) is 17.5 Å². The van der Waals surface area contributed by atoms with Crippen molar-refractivity contribution in [2.45, 2.75) is 31.7 Å². The van der Waals surface area contributed by atoms with Crippen LogP contribution < -0.4 is 21.5 Å². The molecule has 0 aliphatic heterocycles. The van der Waals surface area contributed by atoms with Crippen LogP contribution in [0.3, 0.4) is 0 Å². The van der Waals surface area contributed by atoms with Gasteiger partial charge in [-0.3, -0.25) is 0 Å². The molecule has 0 spiro atoms. The first-order valence-electron chi connectivity index (χ1n) is 11.1. The fraction of sp³-hybridized carbons (Fsp3) is 0.261. The number of aromatic nitrogens is 6. The molecule has 186 valence electrons. The molecule has 3 N–H and O–H groups in total. The van der Waals surface area contributed by atoms with Crippen molar-refractivity contribution in [3.05, 3.63) is 76.3 Å². The van der Waals surface area contributed by atoms with Gasteiger partial charge in [-0.25, -0.2) is 18.6 Å². The predicted octanol–water partition coefficient (Wildman–Crippen LogP) is 2.49. The van der Waals surface area contributed by atoms with Crippen molar-refractivity contribution in [3.63, 3.8) is 0 Å². The molecule has 0 saturated heterocycles. The molecule has 1 aliphatic rings. The zero-order valence-corrected chi connectivity index (χ0v) is 19.1. The number of rotatable bonds is 8. The lowest BCUT2D eigenvalue weighted by molar-refractivity contribution is -0.0684. The highest BCUT2D eigenvalue weighted by Crippen LogP contribution is 2.35. The van der Waals surface area contributed by atoms with Crippen molar-refractivity contribution in [1.29, 1.82) is 0 Å². The second kappa shape index (κ2) is 9.70. The van der Waals surface area contributed by atoms with Crippen molar-refractivity contribution in [1.82, 2.24) is 29.8 Å². The summed E-state index contributed by atoms with van der Waals surface area (Å²) in [5, 5.41) is 10.2. The van der Waals surface area contributed by atoms with Gasteiger partial charge in [-0.1, -0.05) is 30.3 Å². The van der Waals surface area contributed by atoms with Crippen LogP contribution in [-0.2, 0) is 18.4 Å². The van der Waals surface area contributed by atoms with E-state index in [0.29, 0.717) is 19.4 Å². The van der Waals surface area contributed by atoms with Crippen molar-refractivity contribution < 1.29 is 18.3 Å². The van der Waals surface area contributed by atoms with Crippen molar-refractivity contribution in [3.8, 4) is 11.4 Å². The van der Waals surface area contributed by atoms with Crippen LogP contribution in [0.25, 0.3) is 5.69 Å². The Morgan fingerprint density at radius 3 is 2.58 bits per heavy atom. The molecule has 2 aromatic carbocycles. The Labute approximate surface area is 203 Å². The number of benzene rings is 2. The number of hydrogen-bond acceptors (Lipinski definition) is 9. The minimum absolute atomic E-state index is 0.00441. The van der Waals surface area contributed by atoms with E-state index in [1.165, 1.54) is 13.1 Å². The monoisotopic (exact) mass is 496 g/mol. The largest absolute Gasteiger partial charge is 0.488 e. The lowest BCUT2D eigenvalue weighted by Gasteiger charge is -2.35. The van der Waals surface area contributed by atoms with E-state index in [2.05, 4.69) is 25.7 Å². The maximum atomic E-state index is 15.0. The maximum absolute atomic E-state index is 15.0. The average Bonchev–Trinajstić information content (AvgIpc) is 3.17. The average molecular weight is 496 g/mol. The first kappa shape index (κ1) is 23.4. The molecule has 2 heterocycles. The normalized spacial score (nSPS) is 17.0. The standard InChI is InChI=1S/C23H22F2N8O3/c1-32-23(34)33(31-30-32)19-10-18(28-22-27-11-17(25)21(26)29-22)16(24)9-20(19)36-15-7-14(8-15)35-12-13-5-3-2-4-6-13/h2-6,9-11,14-15H,7-8,12H2,1H3,(H3,26,27,28,29). The van der Waals surface area contributed by atoms with Gasteiger partial charge in [0, 0.05) is 26.0 Å². The fourth-order valence-corrected chi connectivity index (χ4v) is 3.64. The van der Waals surface area contributed by atoms with Crippen LogP contribution in [0.5, 0.6) is 5.75 Å². The number of anilines is 3. The van der Waals surface area contributed by atoms with E-state index in [1.54, 1.807) is 0 Å². The van der Waals surface area contributed by atoms with E-state index < -0.39 is 23.1 Å². The number of halogens is 2. The number of nitrogens with zero attached hydrogens (tertiary/aromatic N) is 6. The van der Waals surface area contributed by atoms with E-state index in [1.807, 2.05) is 30.3 Å². The highest BCUT2D eigenvalue weighted by Gasteiger charge is 2.33. The molecule has 36 heavy (non-hydrogen) atoms. The van der Waals surface area contributed by atoms with Gasteiger partial charge in [0.1, 0.15) is 17.5 Å². The van der Waals surface area contributed by atoms with E-state index in [-0.39, 0.29) is 35.3 Å². The summed E-state index contributed by atoms with van der Waals surface area (Å²) in [6, 6.07) is 12.3. The van der Waals surface area contributed by atoms with Gasteiger partial charge in [0.25, 0.3) is 0 Å². The first-order valence-corrected chi connectivity index (χ1v) is 11.1. The molecular formula is C23H22F2N8O3. The quantitative estimate of drug-likeness (QED) is 0.377. The Bertz CT molecular complexity index is 1440. The summed E-state index contributed by atoms with van der Waals surface area (Å²) in [6.07, 6.45) is 1.83. The van der Waals surface area contributed by atoms with Crippen LogP contribution >= 0.6 is 0 Å². The van der Waals surface area contributed by atoms with Gasteiger partial charge >= 0.3 is 5.69 Å². The second-order valence-electron chi connectivity index (χ2n) is 8.28. The van der Waals surface area contributed by atoms with E-state index in [9.17, 15) is 9.18 Å². The Morgan fingerprint density at radius 2 is 1.89 bits per heavy atom. The Morgan fingerprint density at radius 1 is 1.11 bits per heavy atom. The number of aryl methyl sites for hydroxylation is 1. The number of tetrazole rings is 1. The number of nitrogens with one attached hydrogen (secondary N) is 1. The molecule has 1 fully saturated rings. The highest BCUT2D eigenvalue weighted by atomic mass is 19.1. The van der Waals surface area contributed by atoms with Gasteiger partial charge in [-0.05, 0) is 22.1 Å². The summed E-state index contributed by atoms with van der Waals surface area (Å²) in [5.74, 6) is -1.94. The number of nitrogen functional groups attached to an aromatic ring is 1. The summed E-state index contributed by atoms with van der Waals surface area (Å²) >= 11 is 0. The zero-order valence-electron chi connectivity index (χ0n) is 19.1. The molecule has 0 atom stereocenters. The Hall–Kier alpha value is -4.39. The zero-order chi connectivity index (χ0) is 25.2. The van der Waals surface area contributed by atoms with Crippen molar-refractivity contribution >= 4 is 17.5 Å². The number of nitrogens with two attached hydrogens (primary N) is 1. The maximum Gasteiger partial charge on any atom is 0.368 e. The van der Waals surface area contributed by atoms with Crippen LogP contribution in [0.4, 0.5) is 26.2 Å². The van der Waals surface area contributed by atoms with Crippen LogP contribution in [-0.4, -0.2) is 42.0 Å². The topological polar surface area (TPSA) is 135 Å². The summed E-state index contributed by atoms with van der Waals surface area (Å²) in [5.41, 5.74) is 6.04. The van der Waals surface area contributed by atoms with Crippen LogP contribution in [0.15, 0.2) is 53.5 Å². The third-order valence-electron chi connectivity index (χ3n) is 5.69. The molecule has 0 amide bonds. The van der Waals surface area contributed by atoms with E-state index >= 15 is 4.39 Å². The SMILES string of the molecule is Cn1nnn(-c2cc(Nc3ncc(F)c(N)n3)c(F)cc2OC2CC(OCc3ccccc3)C2)c1=O. The minimum Gasteiger partial charge on any atom is -0.488 e. The Balaban J connectivity index is 1.35. The van der Waals surface area contributed by atoms with Crippen molar-refractivity contribution in [2.75, 3.05) is 11.1 Å². The molecule has 13 heteroatoms. The van der Waals surface area contributed by atoms with E-state index in [4.69, 9.17) is 15.2 Å². The van der Waals surface area contributed by atoms with Gasteiger partial charge < -0.3 is 20.5 Å². The third-order valence-corrected chi connectivity index (χ3v) is 5.69. The summed E-state index contributed by atoms with van der Waals surface area (Å²) in [4.78, 5) is 20.0. The smallest absolute Gasteiger partial charge is 0.368 e. The predicted molar refractivity (Wildman–Crippen MR) is 125 cm³/mol. The minimum atomic E-state index is -0.803. The van der Waals surface area contributed by atoms with Gasteiger partial charge in [0.2, 0.25) is 5.95 Å². The highest BCUT2D eigenvalue weighted by molar-refractivity contribution is 5.63. The Kier molecular flexibility index (Phi) is 6.29. The summed E-state index contributed by atoms with van der Waals surface area (Å²) in [7, 11) is 1.44. The van der Waals surface area contributed by atoms with Gasteiger partial charge in [-0.2, -0.15) is 14.3 Å².